The summed E-state index contributed by atoms with van der Waals surface area (Å²) in [7, 11) is 0. The van der Waals surface area contributed by atoms with Crippen LogP contribution in [0.15, 0.2) is 59.3 Å². The fourth-order valence-electron chi connectivity index (χ4n) is 2.55. The van der Waals surface area contributed by atoms with Crippen molar-refractivity contribution in [3.05, 3.63) is 64.6 Å². The third-order valence-electron chi connectivity index (χ3n) is 3.98. The van der Waals surface area contributed by atoms with E-state index < -0.39 is 0 Å². The van der Waals surface area contributed by atoms with Gasteiger partial charge in [0.25, 0.3) is 0 Å². The Morgan fingerprint density at radius 2 is 2.10 bits per heavy atom. The fourth-order valence-corrected chi connectivity index (χ4v) is 3.99. The highest BCUT2D eigenvalue weighted by atomic mass is 32.2. The van der Waals surface area contributed by atoms with Crippen LogP contribution >= 0.6 is 23.1 Å². The number of nitrogens with one attached hydrogen (secondary N) is 1. The molecule has 2 aromatic heterocycles. The zero-order chi connectivity index (χ0) is 21.2. The molecule has 3 rings (SSSR count). The monoisotopic (exact) mass is 442 g/mol. The topological polar surface area (TPSA) is 86.1 Å². The average molecular weight is 443 g/mol. The van der Waals surface area contributed by atoms with E-state index in [0.29, 0.717) is 12.3 Å². The van der Waals surface area contributed by atoms with Crippen LogP contribution in [0.4, 0.5) is 5.69 Å². The number of thioether (sulfide) groups is 1. The van der Waals surface area contributed by atoms with Crippen molar-refractivity contribution in [1.29, 1.82) is 0 Å². The predicted molar refractivity (Wildman–Crippen MR) is 120 cm³/mol. The third-order valence-corrected chi connectivity index (χ3v) is 5.90. The summed E-state index contributed by atoms with van der Waals surface area (Å²) in [5.41, 5.74) is 1.53. The number of carbonyl (C=O) groups is 2. The smallest absolute Gasteiger partial charge is 0.330 e. The number of amides is 1. The molecule has 156 valence electrons. The minimum absolute atomic E-state index is 0.123. The van der Waals surface area contributed by atoms with E-state index in [4.69, 9.17) is 4.74 Å². The van der Waals surface area contributed by atoms with Gasteiger partial charge in [0.1, 0.15) is 6.33 Å². The highest BCUT2D eigenvalue weighted by molar-refractivity contribution is 7.99. The molecule has 0 aliphatic heterocycles. The molecule has 9 heteroatoms. The minimum atomic E-state index is -0.379. The van der Waals surface area contributed by atoms with Crippen LogP contribution in [0.2, 0.25) is 0 Å². The van der Waals surface area contributed by atoms with E-state index in [9.17, 15) is 9.59 Å². The van der Waals surface area contributed by atoms with Crippen molar-refractivity contribution in [3.63, 3.8) is 0 Å². The maximum atomic E-state index is 12.3. The van der Waals surface area contributed by atoms with Gasteiger partial charge in [-0.3, -0.25) is 4.79 Å². The van der Waals surface area contributed by atoms with Crippen molar-refractivity contribution in [3.8, 4) is 0 Å². The molecule has 0 saturated heterocycles. The van der Waals surface area contributed by atoms with Gasteiger partial charge in [0.15, 0.2) is 5.16 Å². The molecule has 0 bridgehead atoms. The van der Waals surface area contributed by atoms with Crippen molar-refractivity contribution in [1.82, 2.24) is 14.8 Å². The number of hydrogen-bond donors (Lipinski definition) is 1. The molecule has 0 aliphatic carbocycles. The summed E-state index contributed by atoms with van der Waals surface area (Å²) < 4.78 is 6.80. The molecule has 0 atom stereocenters. The van der Waals surface area contributed by atoms with Gasteiger partial charge in [0.2, 0.25) is 5.91 Å². The first-order valence-electron chi connectivity index (χ1n) is 9.42. The van der Waals surface area contributed by atoms with E-state index in [2.05, 4.69) is 27.0 Å². The highest BCUT2D eigenvalue weighted by Crippen LogP contribution is 2.18. The largest absolute Gasteiger partial charge is 0.463 e. The molecule has 1 aromatic carbocycles. The summed E-state index contributed by atoms with van der Waals surface area (Å²) in [5, 5.41) is 13.7. The first kappa shape index (κ1) is 21.8. The van der Waals surface area contributed by atoms with E-state index in [0.717, 1.165) is 23.7 Å². The Balaban J connectivity index is 1.46. The number of anilines is 1. The van der Waals surface area contributed by atoms with Crippen molar-refractivity contribution in [2.75, 3.05) is 17.7 Å². The summed E-state index contributed by atoms with van der Waals surface area (Å²) in [5.74, 6) is -0.264. The first-order valence-corrected chi connectivity index (χ1v) is 11.3. The lowest BCUT2D eigenvalue weighted by Gasteiger charge is -2.07. The van der Waals surface area contributed by atoms with E-state index >= 15 is 0 Å². The molecule has 7 nitrogen and oxygen atoms in total. The SMILES string of the molecule is CCOC(=O)/C=C/c1ccc(NC(=O)CSc2nncn2CCc2cccs2)cc1. The van der Waals surface area contributed by atoms with Crippen molar-refractivity contribution in [2.45, 2.75) is 25.0 Å². The van der Waals surface area contributed by atoms with Crippen LogP contribution in [-0.4, -0.2) is 39.0 Å². The van der Waals surface area contributed by atoms with Crippen LogP contribution in [0, 0.1) is 0 Å². The van der Waals surface area contributed by atoms with E-state index in [1.165, 1.54) is 22.7 Å². The predicted octanol–water partition coefficient (Wildman–Crippen LogP) is 3.89. The molecule has 0 unspecified atom stereocenters. The molecule has 1 N–H and O–H groups in total. The molecule has 30 heavy (non-hydrogen) atoms. The number of thiophene rings is 1. The Bertz CT molecular complexity index is 982. The fraction of sp³-hybridized carbons (Fsp3) is 0.238. The van der Waals surface area contributed by atoms with Gasteiger partial charge in [-0.2, -0.15) is 0 Å². The maximum absolute atomic E-state index is 12.3. The normalized spacial score (nSPS) is 11.0. The van der Waals surface area contributed by atoms with Gasteiger partial charge in [0, 0.05) is 23.2 Å². The van der Waals surface area contributed by atoms with E-state index in [-0.39, 0.29) is 17.6 Å². The molecule has 0 saturated carbocycles. The Labute approximate surface area is 183 Å². The third kappa shape index (κ3) is 6.85. The maximum Gasteiger partial charge on any atom is 0.330 e. The lowest BCUT2D eigenvalue weighted by atomic mass is 10.2. The number of carbonyl (C=O) groups excluding carboxylic acids is 2. The van der Waals surface area contributed by atoms with Crippen LogP contribution < -0.4 is 5.32 Å². The van der Waals surface area contributed by atoms with Gasteiger partial charge in [-0.25, -0.2) is 4.79 Å². The second kappa shape index (κ2) is 11.3. The first-order chi connectivity index (χ1) is 14.6. The molecular formula is C21H22N4O3S2. The summed E-state index contributed by atoms with van der Waals surface area (Å²) in [6.07, 6.45) is 5.65. The summed E-state index contributed by atoms with van der Waals surface area (Å²) in [4.78, 5) is 24.9. The zero-order valence-corrected chi connectivity index (χ0v) is 18.1. The van der Waals surface area contributed by atoms with Crippen molar-refractivity contribution >= 4 is 46.7 Å². The number of rotatable bonds is 10. The van der Waals surface area contributed by atoms with Gasteiger partial charge in [-0.15, -0.1) is 21.5 Å². The Morgan fingerprint density at radius 1 is 1.27 bits per heavy atom. The number of hydrogen-bond acceptors (Lipinski definition) is 7. The molecule has 0 aliphatic rings. The summed E-state index contributed by atoms with van der Waals surface area (Å²) in [6.45, 7) is 2.88. The van der Waals surface area contributed by atoms with E-state index in [1.807, 2.05) is 22.8 Å². The molecule has 0 spiro atoms. The van der Waals surface area contributed by atoms with Gasteiger partial charge >= 0.3 is 5.97 Å². The molecule has 0 radical (unpaired) electrons. The lowest BCUT2D eigenvalue weighted by molar-refractivity contribution is -0.137. The Morgan fingerprint density at radius 3 is 2.83 bits per heavy atom. The zero-order valence-electron chi connectivity index (χ0n) is 16.5. The number of aromatic nitrogens is 3. The Hall–Kier alpha value is -2.91. The van der Waals surface area contributed by atoms with Crippen LogP contribution in [0.5, 0.6) is 0 Å². The summed E-state index contributed by atoms with van der Waals surface area (Å²) in [6, 6.07) is 11.4. The molecule has 2 heterocycles. The minimum Gasteiger partial charge on any atom is -0.463 e. The van der Waals surface area contributed by atoms with Crippen molar-refractivity contribution in [2.24, 2.45) is 0 Å². The highest BCUT2D eigenvalue weighted by Gasteiger charge is 2.09. The van der Waals surface area contributed by atoms with Gasteiger partial charge < -0.3 is 14.6 Å². The van der Waals surface area contributed by atoms with E-state index in [1.54, 1.807) is 42.8 Å². The van der Waals surface area contributed by atoms with Gasteiger partial charge in [-0.05, 0) is 48.6 Å². The standard InChI is InChI=1S/C21H22N4O3S2/c1-2-28-20(27)10-7-16-5-8-17(9-6-16)23-19(26)14-30-21-24-22-15-25(21)12-11-18-4-3-13-29-18/h3-10,13,15H,2,11-12,14H2,1H3,(H,23,26)/b10-7+. The average Bonchev–Trinajstić information content (AvgIpc) is 3.42. The van der Waals surface area contributed by atoms with Gasteiger partial charge in [-0.1, -0.05) is 30.0 Å². The molecule has 1 amide bonds. The molecular weight excluding hydrogens is 420 g/mol. The number of ether oxygens (including phenoxy) is 1. The van der Waals surface area contributed by atoms with Crippen LogP contribution in [-0.2, 0) is 27.3 Å². The van der Waals surface area contributed by atoms with Crippen molar-refractivity contribution < 1.29 is 14.3 Å². The second-order valence-electron chi connectivity index (χ2n) is 6.18. The van der Waals surface area contributed by atoms with Gasteiger partial charge in [0.05, 0.1) is 12.4 Å². The summed E-state index contributed by atoms with van der Waals surface area (Å²) >= 11 is 3.08. The molecule has 0 fully saturated rings. The number of benzene rings is 1. The van der Waals surface area contributed by atoms with Crippen LogP contribution in [0.3, 0.4) is 0 Å². The number of nitrogens with zero attached hydrogens (tertiary/aromatic N) is 3. The molecule has 3 aromatic rings. The lowest BCUT2D eigenvalue weighted by Crippen LogP contribution is -2.14. The van der Waals surface area contributed by atoms with Crippen LogP contribution in [0.1, 0.15) is 17.4 Å². The van der Waals surface area contributed by atoms with Crippen LogP contribution in [0.25, 0.3) is 6.08 Å². The number of esters is 1. The second-order valence-corrected chi connectivity index (χ2v) is 8.16. The number of aryl methyl sites for hydroxylation is 2. The Kier molecular flexibility index (Phi) is 8.22. The quantitative estimate of drug-likeness (QED) is 0.291.